The zero-order chi connectivity index (χ0) is 8.10. The van der Waals surface area contributed by atoms with E-state index in [-0.39, 0.29) is 12.3 Å². The van der Waals surface area contributed by atoms with E-state index in [0.717, 1.165) is 0 Å². The van der Waals surface area contributed by atoms with Crippen LogP contribution in [0.15, 0.2) is 24.4 Å². The van der Waals surface area contributed by atoms with E-state index < -0.39 is 0 Å². The van der Waals surface area contributed by atoms with Crippen LogP contribution in [-0.2, 0) is 0 Å². The lowest BCUT2D eigenvalue weighted by atomic mass is 10.2. The smallest absolute Gasteiger partial charge is 0.278 e. The molecule has 0 unspecified atom stereocenters. The summed E-state index contributed by atoms with van der Waals surface area (Å²) in [7, 11) is 0. The second kappa shape index (κ2) is 3.47. The molecule has 1 aromatic rings. The molecule has 11 heavy (non-hydrogen) atoms. The summed E-state index contributed by atoms with van der Waals surface area (Å²) in [4.78, 5) is 17.7. The van der Waals surface area contributed by atoms with Gasteiger partial charge in [-0.15, -0.1) is 0 Å². The largest absolute Gasteiger partial charge is 0.308 e. The minimum Gasteiger partial charge on any atom is -0.308 e. The van der Waals surface area contributed by atoms with Crippen LogP contribution >= 0.6 is 0 Å². The summed E-state index contributed by atoms with van der Waals surface area (Å²) in [6.45, 7) is 6.34. The maximum Gasteiger partial charge on any atom is 0.278 e. The van der Waals surface area contributed by atoms with E-state index in [1.54, 1.807) is 18.2 Å². The summed E-state index contributed by atoms with van der Waals surface area (Å²) in [5, 5.41) is 0. The van der Waals surface area contributed by atoms with Gasteiger partial charge in [0.15, 0.2) is 0 Å². The number of pyridine rings is 1. The third-order valence-corrected chi connectivity index (χ3v) is 1.17. The number of Topliss-reactive ketones (excluding diaryl/α,β-unsaturated/α-hetero) is 1. The zero-order valence-electron chi connectivity index (χ0n) is 5.82. The first-order valence-electron chi connectivity index (χ1n) is 3.12. The number of rotatable bonds is 2. The average molecular weight is 146 g/mol. The lowest BCUT2D eigenvalue weighted by molar-refractivity contribution is 0.100. The molecule has 0 amide bonds. The van der Waals surface area contributed by atoms with Crippen molar-refractivity contribution >= 4 is 5.78 Å². The van der Waals surface area contributed by atoms with Crippen molar-refractivity contribution in [2.45, 2.75) is 0 Å². The van der Waals surface area contributed by atoms with Crippen molar-refractivity contribution in [3.63, 3.8) is 0 Å². The maximum atomic E-state index is 11.0. The first kappa shape index (κ1) is 7.42. The molecule has 0 saturated carbocycles. The molecule has 0 aliphatic heterocycles. The Labute approximate surface area is 64.5 Å². The van der Waals surface area contributed by atoms with E-state index in [1.165, 1.54) is 6.20 Å². The minimum absolute atomic E-state index is 0.114. The molecule has 0 radical (unpaired) electrons. The quantitative estimate of drug-likeness (QED) is 0.464. The van der Waals surface area contributed by atoms with Crippen LogP contribution in [0, 0.1) is 6.57 Å². The van der Waals surface area contributed by atoms with Gasteiger partial charge < -0.3 is 4.85 Å². The van der Waals surface area contributed by atoms with Gasteiger partial charge in [-0.2, -0.15) is 0 Å². The molecular weight excluding hydrogens is 140 g/mol. The Hall–Kier alpha value is -1.69. The molecule has 0 aliphatic rings. The number of carbonyl (C=O) groups is 1. The van der Waals surface area contributed by atoms with Gasteiger partial charge in [-0.3, -0.25) is 9.78 Å². The second-order valence-electron chi connectivity index (χ2n) is 1.95. The standard InChI is InChI=1S/C8H6N2O/c1-9-6-8(11)7-4-2-3-5-10-7/h2-5H,6H2. The average Bonchev–Trinajstić information content (AvgIpc) is 2.07. The van der Waals surface area contributed by atoms with Crippen molar-refractivity contribution in [3.05, 3.63) is 41.5 Å². The highest BCUT2D eigenvalue weighted by Gasteiger charge is 2.07. The number of ketones is 1. The number of hydrogen-bond acceptors (Lipinski definition) is 2. The summed E-state index contributed by atoms with van der Waals surface area (Å²) in [6.07, 6.45) is 1.54. The normalized spacial score (nSPS) is 8.64. The first-order valence-corrected chi connectivity index (χ1v) is 3.12. The molecule has 0 spiro atoms. The fourth-order valence-corrected chi connectivity index (χ4v) is 0.681. The van der Waals surface area contributed by atoms with Gasteiger partial charge in [0.05, 0.1) is 0 Å². The van der Waals surface area contributed by atoms with E-state index in [2.05, 4.69) is 9.83 Å². The van der Waals surface area contributed by atoms with Crippen LogP contribution in [0.2, 0.25) is 0 Å². The van der Waals surface area contributed by atoms with Crippen LogP contribution in [0.4, 0.5) is 0 Å². The second-order valence-corrected chi connectivity index (χ2v) is 1.95. The highest BCUT2D eigenvalue weighted by Crippen LogP contribution is 1.94. The molecule has 1 rings (SSSR count). The first-order chi connectivity index (χ1) is 5.34. The molecule has 0 fully saturated rings. The van der Waals surface area contributed by atoms with E-state index in [4.69, 9.17) is 6.57 Å². The van der Waals surface area contributed by atoms with Crippen molar-refractivity contribution in [2.75, 3.05) is 6.54 Å². The van der Waals surface area contributed by atoms with Gasteiger partial charge in [-0.05, 0) is 12.1 Å². The number of nitrogens with zero attached hydrogens (tertiary/aromatic N) is 2. The molecule has 0 bridgehead atoms. The summed E-state index contributed by atoms with van der Waals surface area (Å²) in [6, 6.07) is 5.06. The zero-order valence-corrected chi connectivity index (χ0v) is 5.82. The fraction of sp³-hybridized carbons (Fsp3) is 0.125. The monoisotopic (exact) mass is 146 g/mol. The molecule has 3 heteroatoms. The van der Waals surface area contributed by atoms with Crippen LogP contribution in [-0.4, -0.2) is 17.3 Å². The van der Waals surface area contributed by atoms with Gasteiger partial charge in [0.2, 0.25) is 0 Å². The predicted molar refractivity (Wildman–Crippen MR) is 40.0 cm³/mol. The lowest BCUT2D eigenvalue weighted by Gasteiger charge is -1.89. The van der Waals surface area contributed by atoms with Crippen molar-refractivity contribution in [1.29, 1.82) is 0 Å². The van der Waals surface area contributed by atoms with Crippen molar-refractivity contribution < 1.29 is 4.79 Å². The summed E-state index contributed by atoms with van der Waals surface area (Å²) in [5.41, 5.74) is 0.364. The molecule has 1 heterocycles. The molecule has 0 atom stereocenters. The van der Waals surface area contributed by atoms with E-state index in [9.17, 15) is 4.79 Å². The molecule has 54 valence electrons. The fourth-order valence-electron chi connectivity index (χ4n) is 0.681. The molecule has 0 saturated heterocycles. The van der Waals surface area contributed by atoms with Gasteiger partial charge >= 0.3 is 0 Å². The van der Waals surface area contributed by atoms with Crippen molar-refractivity contribution in [3.8, 4) is 0 Å². The Morgan fingerprint density at radius 3 is 3.00 bits per heavy atom. The molecule has 1 aromatic heterocycles. The molecule has 3 nitrogen and oxygen atoms in total. The van der Waals surface area contributed by atoms with Gasteiger partial charge in [0.1, 0.15) is 5.69 Å². The predicted octanol–water partition coefficient (Wildman–Crippen LogP) is 1.18. The van der Waals surface area contributed by atoms with E-state index in [0.29, 0.717) is 5.69 Å². The van der Waals surface area contributed by atoms with Gasteiger partial charge in [0, 0.05) is 6.20 Å². The molecule has 0 N–H and O–H groups in total. The lowest BCUT2D eigenvalue weighted by Crippen LogP contribution is -2.03. The minimum atomic E-state index is -0.222. The van der Waals surface area contributed by atoms with Gasteiger partial charge in [-0.25, -0.2) is 6.57 Å². The van der Waals surface area contributed by atoms with Crippen molar-refractivity contribution in [1.82, 2.24) is 4.98 Å². The highest BCUT2D eigenvalue weighted by molar-refractivity contribution is 5.96. The number of aromatic nitrogens is 1. The topological polar surface area (TPSA) is 34.3 Å². The molecule has 0 aromatic carbocycles. The Balaban J connectivity index is 2.79. The Kier molecular flexibility index (Phi) is 2.34. The summed E-state index contributed by atoms with van der Waals surface area (Å²) in [5.74, 6) is -0.222. The summed E-state index contributed by atoms with van der Waals surface area (Å²) >= 11 is 0. The Bertz CT molecular complexity index is 287. The number of hydrogen-bond donors (Lipinski definition) is 0. The van der Waals surface area contributed by atoms with Gasteiger partial charge in [-0.1, -0.05) is 6.07 Å². The molecule has 0 aliphatic carbocycles. The van der Waals surface area contributed by atoms with Gasteiger partial charge in [0.25, 0.3) is 12.3 Å². The van der Waals surface area contributed by atoms with E-state index in [1.807, 2.05) is 0 Å². The highest BCUT2D eigenvalue weighted by atomic mass is 16.1. The van der Waals surface area contributed by atoms with Crippen LogP contribution in [0.3, 0.4) is 0 Å². The Morgan fingerprint density at radius 2 is 2.45 bits per heavy atom. The summed E-state index contributed by atoms with van der Waals surface area (Å²) < 4.78 is 0. The SMILES string of the molecule is [C-]#[N+]CC(=O)c1ccccn1. The van der Waals surface area contributed by atoms with Crippen molar-refractivity contribution in [2.24, 2.45) is 0 Å². The third-order valence-electron chi connectivity index (χ3n) is 1.17. The van der Waals surface area contributed by atoms with Crippen LogP contribution in [0.25, 0.3) is 4.85 Å². The van der Waals surface area contributed by atoms with Crippen LogP contribution in [0.1, 0.15) is 10.5 Å². The number of carbonyl (C=O) groups excluding carboxylic acids is 1. The van der Waals surface area contributed by atoms with E-state index >= 15 is 0 Å². The molecular formula is C8H6N2O. The maximum absolute atomic E-state index is 11.0. The Morgan fingerprint density at radius 1 is 1.64 bits per heavy atom. The van der Waals surface area contributed by atoms with Crippen LogP contribution in [0.5, 0.6) is 0 Å². The third kappa shape index (κ3) is 1.87. The van der Waals surface area contributed by atoms with Crippen LogP contribution < -0.4 is 0 Å².